The van der Waals surface area contributed by atoms with Gasteiger partial charge in [0, 0.05) is 23.9 Å². The predicted molar refractivity (Wildman–Crippen MR) is 93.0 cm³/mol. The largest absolute Gasteiger partial charge is 0.474 e. The maximum Gasteiger partial charge on any atom is 0.234 e. The molecule has 0 aliphatic heterocycles. The zero-order chi connectivity index (χ0) is 17.8. The summed E-state index contributed by atoms with van der Waals surface area (Å²) in [5.41, 5.74) is 1.66. The van der Waals surface area contributed by atoms with Crippen molar-refractivity contribution in [1.29, 1.82) is 0 Å². The molecule has 3 rings (SSSR count). The summed E-state index contributed by atoms with van der Waals surface area (Å²) in [4.78, 5) is 8.80. The summed E-state index contributed by atoms with van der Waals surface area (Å²) in [6, 6.07) is 5.48. The van der Waals surface area contributed by atoms with E-state index in [9.17, 15) is 0 Å². The number of nitrogens with one attached hydrogen (secondary N) is 3. The quantitative estimate of drug-likeness (QED) is 0.600. The fourth-order valence-corrected chi connectivity index (χ4v) is 2.18. The second-order valence-electron chi connectivity index (χ2n) is 5.92. The van der Waals surface area contributed by atoms with E-state index in [4.69, 9.17) is 9.26 Å². The fourth-order valence-electron chi connectivity index (χ4n) is 2.18. The van der Waals surface area contributed by atoms with Crippen molar-refractivity contribution < 1.29 is 9.26 Å². The molecule has 0 bridgehead atoms. The minimum Gasteiger partial charge on any atom is -0.474 e. The average Bonchev–Trinajstić information content (AvgIpc) is 3.13. The molecule has 0 spiro atoms. The standard InChI is InChI=1S/C16H21N7O2/c1-9(2)24-15-7-14(21-22-15)19-13-6-10(3)18-16(20-13)17-8-12-5-11(4)23-25-12/h5-7,9H,8H2,1-4H3,(H3,17,18,19,20,21,22). The monoisotopic (exact) mass is 343 g/mol. The molecule has 0 aliphatic carbocycles. The topological polar surface area (TPSA) is 114 Å². The summed E-state index contributed by atoms with van der Waals surface area (Å²) in [5, 5.41) is 17.1. The van der Waals surface area contributed by atoms with E-state index in [1.165, 1.54) is 0 Å². The van der Waals surface area contributed by atoms with Crippen molar-refractivity contribution >= 4 is 17.6 Å². The average molecular weight is 343 g/mol. The molecule has 0 atom stereocenters. The van der Waals surface area contributed by atoms with Crippen molar-refractivity contribution in [3.05, 3.63) is 35.3 Å². The molecule has 0 saturated heterocycles. The molecule has 0 saturated carbocycles. The first-order valence-corrected chi connectivity index (χ1v) is 7.99. The summed E-state index contributed by atoms with van der Waals surface area (Å²) in [5.74, 6) is 3.08. The van der Waals surface area contributed by atoms with Crippen LogP contribution in [0.2, 0.25) is 0 Å². The Hall–Kier alpha value is -3.10. The van der Waals surface area contributed by atoms with Gasteiger partial charge in [-0.3, -0.25) is 5.10 Å². The highest BCUT2D eigenvalue weighted by atomic mass is 16.5. The lowest BCUT2D eigenvalue weighted by Gasteiger charge is -2.08. The molecule has 3 heterocycles. The zero-order valence-corrected chi connectivity index (χ0v) is 14.6. The SMILES string of the molecule is Cc1cc(CNc2nc(C)cc(Nc3cc(OC(C)C)n[nH]3)n2)on1. The first-order chi connectivity index (χ1) is 12.0. The highest BCUT2D eigenvalue weighted by Crippen LogP contribution is 2.19. The van der Waals surface area contributed by atoms with Crippen LogP contribution in [0.1, 0.15) is 31.0 Å². The number of ether oxygens (including phenoxy) is 1. The van der Waals surface area contributed by atoms with E-state index in [0.717, 1.165) is 17.1 Å². The van der Waals surface area contributed by atoms with Crippen LogP contribution in [0, 0.1) is 13.8 Å². The maximum absolute atomic E-state index is 5.53. The summed E-state index contributed by atoms with van der Waals surface area (Å²) in [7, 11) is 0. The number of rotatable bonds is 7. The highest BCUT2D eigenvalue weighted by Gasteiger charge is 2.08. The first kappa shape index (κ1) is 16.7. The molecule has 9 nitrogen and oxygen atoms in total. The molecule has 3 aromatic rings. The van der Waals surface area contributed by atoms with Gasteiger partial charge in [-0.05, 0) is 27.7 Å². The van der Waals surface area contributed by atoms with Crippen LogP contribution in [0.3, 0.4) is 0 Å². The normalized spacial score (nSPS) is 10.9. The fraction of sp³-hybridized carbons (Fsp3) is 0.375. The van der Waals surface area contributed by atoms with Gasteiger partial charge in [0.1, 0.15) is 11.6 Å². The van der Waals surface area contributed by atoms with Crippen molar-refractivity contribution in [3.8, 4) is 5.88 Å². The van der Waals surface area contributed by atoms with Gasteiger partial charge < -0.3 is 19.9 Å². The molecule has 3 N–H and O–H groups in total. The van der Waals surface area contributed by atoms with E-state index < -0.39 is 0 Å². The molecule has 0 aromatic carbocycles. The van der Waals surface area contributed by atoms with Gasteiger partial charge in [0.15, 0.2) is 5.76 Å². The van der Waals surface area contributed by atoms with Crippen molar-refractivity contribution in [2.75, 3.05) is 10.6 Å². The summed E-state index contributed by atoms with van der Waals surface area (Å²) in [6.45, 7) is 8.13. The van der Waals surface area contributed by atoms with Gasteiger partial charge in [0.25, 0.3) is 0 Å². The van der Waals surface area contributed by atoms with Crippen molar-refractivity contribution in [2.24, 2.45) is 0 Å². The van der Waals surface area contributed by atoms with Crippen LogP contribution >= 0.6 is 0 Å². The van der Waals surface area contributed by atoms with Gasteiger partial charge in [0.05, 0.1) is 18.3 Å². The van der Waals surface area contributed by atoms with Gasteiger partial charge in [0.2, 0.25) is 11.8 Å². The van der Waals surface area contributed by atoms with E-state index in [0.29, 0.717) is 30.0 Å². The smallest absolute Gasteiger partial charge is 0.234 e. The summed E-state index contributed by atoms with van der Waals surface area (Å²) in [6.07, 6.45) is 0.0629. The third kappa shape index (κ3) is 4.69. The number of hydrogen-bond donors (Lipinski definition) is 3. The van der Waals surface area contributed by atoms with E-state index >= 15 is 0 Å². The van der Waals surface area contributed by atoms with Gasteiger partial charge in [-0.25, -0.2) is 4.98 Å². The minimum absolute atomic E-state index is 0.0629. The number of anilines is 3. The molecule has 0 amide bonds. The Morgan fingerprint density at radius 2 is 2.00 bits per heavy atom. The van der Waals surface area contributed by atoms with E-state index in [1.807, 2.05) is 39.8 Å². The van der Waals surface area contributed by atoms with Crippen LogP contribution in [0.5, 0.6) is 5.88 Å². The Labute approximate surface area is 145 Å². The second-order valence-corrected chi connectivity index (χ2v) is 5.92. The van der Waals surface area contributed by atoms with Crippen LogP contribution < -0.4 is 15.4 Å². The molecule has 0 aliphatic rings. The summed E-state index contributed by atoms with van der Waals surface area (Å²) >= 11 is 0. The third-order valence-corrected chi connectivity index (χ3v) is 3.13. The first-order valence-electron chi connectivity index (χ1n) is 7.99. The number of aromatic nitrogens is 5. The molecule has 0 radical (unpaired) electrons. The van der Waals surface area contributed by atoms with Gasteiger partial charge >= 0.3 is 0 Å². The number of aryl methyl sites for hydroxylation is 2. The maximum atomic E-state index is 5.53. The molecule has 3 aromatic heterocycles. The molecule has 25 heavy (non-hydrogen) atoms. The third-order valence-electron chi connectivity index (χ3n) is 3.13. The molecular formula is C16H21N7O2. The van der Waals surface area contributed by atoms with Crippen molar-refractivity contribution in [1.82, 2.24) is 25.3 Å². The molecule has 132 valence electrons. The summed E-state index contributed by atoms with van der Waals surface area (Å²) < 4.78 is 10.7. The minimum atomic E-state index is 0.0629. The highest BCUT2D eigenvalue weighted by molar-refractivity contribution is 5.54. The van der Waals surface area contributed by atoms with Gasteiger partial charge in [-0.15, -0.1) is 5.10 Å². The molecule has 9 heteroatoms. The Morgan fingerprint density at radius 1 is 1.16 bits per heavy atom. The lowest BCUT2D eigenvalue weighted by Crippen LogP contribution is -2.06. The van der Waals surface area contributed by atoms with Crippen LogP contribution in [0.15, 0.2) is 22.7 Å². The zero-order valence-electron chi connectivity index (χ0n) is 14.6. The van der Waals surface area contributed by atoms with E-state index in [-0.39, 0.29) is 6.10 Å². The predicted octanol–water partition coefficient (Wildman–Crippen LogP) is 2.95. The molecule has 0 unspecified atom stereocenters. The van der Waals surface area contributed by atoms with E-state index in [1.54, 1.807) is 6.07 Å². The Morgan fingerprint density at radius 3 is 2.72 bits per heavy atom. The van der Waals surface area contributed by atoms with Crippen LogP contribution in [0.4, 0.5) is 17.6 Å². The Balaban J connectivity index is 1.67. The van der Waals surface area contributed by atoms with Crippen LogP contribution in [0.25, 0.3) is 0 Å². The number of nitrogens with zero attached hydrogens (tertiary/aromatic N) is 4. The lowest BCUT2D eigenvalue weighted by atomic mass is 10.4. The number of aromatic amines is 1. The number of H-pyrrole nitrogens is 1. The molecule has 0 fully saturated rings. The Bertz CT molecular complexity index is 841. The Kier molecular flexibility index (Phi) is 4.82. The van der Waals surface area contributed by atoms with Crippen LogP contribution in [-0.2, 0) is 6.54 Å². The van der Waals surface area contributed by atoms with Crippen molar-refractivity contribution in [2.45, 2.75) is 40.3 Å². The number of hydrogen-bond acceptors (Lipinski definition) is 8. The van der Waals surface area contributed by atoms with E-state index in [2.05, 4.69) is 36.0 Å². The van der Waals surface area contributed by atoms with Crippen molar-refractivity contribution in [3.63, 3.8) is 0 Å². The van der Waals surface area contributed by atoms with Gasteiger partial charge in [-0.1, -0.05) is 5.16 Å². The second kappa shape index (κ2) is 7.20. The van der Waals surface area contributed by atoms with Crippen LogP contribution in [-0.4, -0.2) is 31.4 Å². The lowest BCUT2D eigenvalue weighted by molar-refractivity contribution is 0.232. The molecular weight excluding hydrogens is 322 g/mol. The van der Waals surface area contributed by atoms with Gasteiger partial charge in [-0.2, -0.15) is 4.98 Å².